The standard InChI is InChI=1S/C11H18N2O2S/c1-2-5-12-11(14)13-6-8-16-9-10-4-3-7-15-10/h3-4,7H,2,5-6,8-9H2,1H3,(H2,12,13,14). The zero-order valence-corrected chi connectivity index (χ0v) is 10.3. The maximum atomic E-state index is 11.1. The molecule has 90 valence electrons. The van der Waals surface area contributed by atoms with E-state index in [1.165, 1.54) is 0 Å². The van der Waals surface area contributed by atoms with Crippen LogP contribution in [0.15, 0.2) is 22.8 Å². The van der Waals surface area contributed by atoms with Crippen molar-refractivity contribution in [3.63, 3.8) is 0 Å². The zero-order chi connectivity index (χ0) is 11.6. The minimum atomic E-state index is -0.0829. The number of rotatable bonds is 7. The molecule has 0 fully saturated rings. The Hall–Kier alpha value is -1.10. The minimum Gasteiger partial charge on any atom is -0.468 e. The molecule has 0 radical (unpaired) electrons. The minimum absolute atomic E-state index is 0.0829. The summed E-state index contributed by atoms with van der Waals surface area (Å²) in [5, 5.41) is 5.56. The number of amides is 2. The van der Waals surface area contributed by atoms with Crippen LogP contribution < -0.4 is 10.6 Å². The third-order valence-electron chi connectivity index (χ3n) is 1.89. The second-order valence-electron chi connectivity index (χ2n) is 3.31. The van der Waals surface area contributed by atoms with Gasteiger partial charge in [-0.3, -0.25) is 0 Å². The molecule has 0 aromatic carbocycles. The topological polar surface area (TPSA) is 54.3 Å². The van der Waals surface area contributed by atoms with Gasteiger partial charge in [-0.25, -0.2) is 4.79 Å². The maximum absolute atomic E-state index is 11.1. The zero-order valence-electron chi connectivity index (χ0n) is 9.49. The molecule has 5 heteroatoms. The van der Waals surface area contributed by atoms with Crippen molar-refractivity contribution in [3.8, 4) is 0 Å². The van der Waals surface area contributed by atoms with Crippen LogP contribution in [0.5, 0.6) is 0 Å². The fourth-order valence-corrected chi connectivity index (χ4v) is 1.86. The van der Waals surface area contributed by atoms with Gasteiger partial charge in [0.15, 0.2) is 0 Å². The van der Waals surface area contributed by atoms with Crippen LogP contribution in [0.25, 0.3) is 0 Å². The van der Waals surface area contributed by atoms with Crippen molar-refractivity contribution in [3.05, 3.63) is 24.2 Å². The Kier molecular flexibility index (Phi) is 6.56. The fourth-order valence-electron chi connectivity index (χ4n) is 1.11. The Labute approximate surface area is 100 Å². The highest BCUT2D eigenvalue weighted by Crippen LogP contribution is 2.11. The van der Waals surface area contributed by atoms with Gasteiger partial charge in [-0.15, -0.1) is 0 Å². The lowest BCUT2D eigenvalue weighted by Gasteiger charge is -2.05. The van der Waals surface area contributed by atoms with Gasteiger partial charge in [-0.05, 0) is 18.6 Å². The van der Waals surface area contributed by atoms with Gasteiger partial charge < -0.3 is 15.1 Å². The second-order valence-corrected chi connectivity index (χ2v) is 4.42. The summed E-state index contributed by atoms with van der Waals surface area (Å²) in [7, 11) is 0. The lowest BCUT2D eigenvalue weighted by atomic mass is 10.5. The Morgan fingerprint density at radius 3 is 2.94 bits per heavy atom. The van der Waals surface area contributed by atoms with Crippen molar-refractivity contribution in [2.24, 2.45) is 0 Å². The van der Waals surface area contributed by atoms with E-state index in [1.807, 2.05) is 19.1 Å². The number of nitrogens with one attached hydrogen (secondary N) is 2. The average molecular weight is 242 g/mol. The number of urea groups is 1. The summed E-state index contributed by atoms with van der Waals surface area (Å²) in [4.78, 5) is 11.1. The van der Waals surface area contributed by atoms with Crippen LogP contribution in [0, 0.1) is 0 Å². The van der Waals surface area contributed by atoms with Crippen LogP contribution in [0.4, 0.5) is 4.79 Å². The van der Waals surface area contributed by atoms with E-state index in [0.29, 0.717) is 6.54 Å². The van der Waals surface area contributed by atoms with E-state index in [-0.39, 0.29) is 6.03 Å². The predicted octanol–water partition coefficient (Wildman–Crippen LogP) is 2.22. The fraction of sp³-hybridized carbons (Fsp3) is 0.545. The normalized spacial score (nSPS) is 10.1. The van der Waals surface area contributed by atoms with E-state index in [2.05, 4.69) is 10.6 Å². The van der Waals surface area contributed by atoms with Gasteiger partial charge in [0.2, 0.25) is 0 Å². The summed E-state index contributed by atoms with van der Waals surface area (Å²) in [6.07, 6.45) is 2.63. The summed E-state index contributed by atoms with van der Waals surface area (Å²) in [5.74, 6) is 2.71. The highest BCUT2D eigenvalue weighted by atomic mass is 32.2. The monoisotopic (exact) mass is 242 g/mol. The lowest BCUT2D eigenvalue weighted by molar-refractivity contribution is 0.241. The molecular weight excluding hydrogens is 224 g/mol. The summed E-state index contributed by atoms with van der Waals surface area (Å²) >= 11 is 1.74. The second kappa shape index (κ2) is 8.10. The summed E-state index contributed by atoms with van der Waals surface area (Å²) in [5.41, 5.74) is 0. The van der Waals surface area contributed by atoms with Gasteiger partial charge >= 0.3 is 6.03 Å². The smallest absolute Gasteiger partial charge is 0.314 e. The van der Waals surface area contributed by atoms with Gasteiger partial charge in [0.25, 0.3) is 0 Å². The van der Waals surface area contributed by atoms with Crippen LogP contribution in [-0.2, 0) is 5.75 Å². The third-order valence-corrected chi connectivity index (χ3v) is 2.87. The molecule has 1 heterocycles. The Bertz CT molecular complexity index is 288. The quantitative estimate of drug-likeness (QED) is 0.721. The lowest BCUT2D eigenvalue weighted by Crippen LogP contribution is -2.36. The third kappa shape index (κ3) is 5.70. The molecule has 1 rings (SSSR count). The van der Waals surface area contributed by atoms with Gasteiger partial charge in [0.05, 0.1) is 12.0 Å². The Morgan fingerprint density at radius 2 is 2.25 bits per heavy atom. The van der Waals surface area contributed by atoms with E-state index >= 15 is 0 Å². The highest BCUT2D eigenvalue weighted by Gasteiger charge is 1.98. The molecule has 2 amide bonds. The van der Waals surface area contributed by atoms with Crippen molar-refractivity contribution >= 4 is 17.8 Å². The number of hydrogen-bond acceptors (Lipinski definition) is 3. The highest BCUT2D eigenvalue weighted by molar-refractivity contribution is 7.98. The molecule has 0 aliphatic carbocycles. The predicted molar refractivity (Wildman–Crippen MR) is 66.6 cm³/mol. The molecule has 0 atom stereocenters. The number of hydrogen-bond donors (Lipinski definition) is 2. The molecule has 2 N–H and O–H groups in total. The van der Waals surface area contributed by atoms with Crippen LogP contribution in [0.2, 0.25) is 0 Å². The van der Waals surface area contributed by atoms with E-state index in [0.717, 1.165) is 30.2 Å². The van der Waals surface area contributed by atoms with Crippen LogP contribution in [0.3, 0.4) is 0 Å². The summed E-state index contributed by atoms with van der Waals surface area (Å²) < 4.78 is 5.19. The first kappa shape index (κ1) is 13.0. The largest absolute Gasteiger partial charge is 0.468 e. The van der Waals surface area contributed by atoms with Gasteiger partial charge in [0.1, 0.15) is 5.76 Å². The van der Waals surface area contributed by atoms with Crippen molar-refractivity contribution in [2.45, 2.75) is 19.1 Å². The molecule has 16 heavy (non-hydrogen) atoms. The van der Waals surface area contributed by atoms with Crippen molar-refractivity contribution in [1.29, 1.82) is 0 Å². The first-order valence-electron chi connectivity index (χ1n) is 5.44. The van der Waals surface area contributed by atoms with E-state index in [1.54, 1.807) is 18.0 Å². The molecule has 0 bridgehead atoms. The maximum Gasteiger partial charge on any atom is 0.314 e. The molecule has 0 unspecified atom stereocenters. The van der Waals surface area contributed by atoms with Crippen molar-refractivity contribution in [2.75, 3.05) is 18.8 Å². The molecular formula is C11H18N2O2S. The van der Waals surface area contributed by atoms with E-state index in [9.17, 15) is 4.79 Å². The number of carbonyl (C=O) groups is 1. The molecule has 4 nitrogen and oxygen atoms in total. The summed E-state index contributed by atoms with van der Waals surface area (Å²) in [6, 6.07) is 3.75. The van der Waals surface area contributed by atoms with Gasteiger partial charge in [0, 0.05) is 18.8 Å². The first-order valence-corrected chi connectivity index (χ1v) is 6.60. The molecule has 0 saturated carbocycles. The molecule has 0 spiro atoms. The van der Waals surface area contributed by atoms with Gasteiger partial charge in [-0.1, -0.05) is 6.92 Å². The number of carbonyl (C=O) groups excluding carboxylic acids is 1. The molecule has 1 aromatic rings. The average Bonchev–Trinajstić information content (AvgIpc) is 2.79. The molecule has 0 aliphatic rings. The van der Waals surface area contributed by atoms with Crippen molar-refractivity contribution < 1.29 is 9.21 Å². The first-order chi connectivity index (χ1) is 7.83. The SMILES string of the molecule is CCCNC(=O)NCCSCc1ccco1. The molecule has 0 aliphatic heterocycles. The molecule has 0 saturated heterocycles. The van der Waals surface area contributed by atoms with Crippen LogP contribution >= 0.6 is 11.8 Å². The Morgan fingerprint density at radius 1 is 1.44 bits per heavy atom. The summed E-state index contributed by atoms with van der Waals surface area (Å²) in [6.45, 7) is 3.44. The van der Waals surface area contributed by atoms with Crippen LogP contribution in [0.1, 0.15) is 19.1 Å². The van der Waals surface area contributed by atoms with Crippen molar-refractivity contribution in [1.82, 2.24) is 10.6 Å². The number of thioether (sulfide) groups is 1. The Balaban J connectivity index is 1.93. The molecule has 1 aromatic heterocycles. The van der Waals surface area contributed by atoms with E-state index < -0.39 is 0 Å². The number of furan rings is 1. The van der Waals surface area contributed by atoms with Gasteiger partial charge in [-0.2, -0.15) is 11.8 Å². The van der Waals surface area contributed by atoms with Crippen LogP contribution in [-0.4, -0.2) is 24.9 Å². The van der Waals surface area contributed by atoms with E-state index in [4.69, 9.17) is 4.42 Å².